The van der Waals surface area contributed by atoms with E-state index < -0.39 is 24.3 Å². The molecule has 6 aliphatic rings. The molecule has 0 N–H and O–H groups in total. The van der Waals surface area contributed by atoms with Crippen molar-refractivity contribution in [3.05, 3.63) is 0 Å². The van der Waals surface area contributed by atoms with Crippen molar-refractivity contribution in [3.8, 4) is 0 Å². The molecule has 0 radical (unpaired) electrons. The summed E-state index contributed by atoms with van der Waals surface area (Å²) >= 11 is 0. The lowest BCUT2D eigenvalue weighted by Crippen LogP contribution is -2.61. The van der Waals surface area contributed by atoms with Crippen LogP contribution in [-0.4, -0.2) is 48.8 Å². The van der Waals surface area contributed by atoms with Crippen LogP contribution in [0.15, 0.2) is 0 Å². The molecular formula is C29H42O8. The lowest BCUT2D eigenvalue weighted by atomic mass is 9.38. The van der Waals surface area contributed by atoms with Gasteiger partial charge in [0.15, 0.2) is 11.9 Å². The van der Waals surface area contributed by atoms with Crippen molar-refractivity contribution in [2.24, 2.45) is 39.9 Å². The van der Waals surface area contributed by atoms with Gasteiger partial charge in [-0.25, -0.2) is 0 Å². The number of carbonyl (C=O) groups excluding carboxylic acids is 3. The maximum absolute atomic E-state index is 12.3. The summed E-state index contributed by atoms with van der Waals surface area (Å²) in [6.45, 7) is 10.7. The third-order valence-electron chi connectivity index (χ3n) is 11.7. The van der Waals surface area contributed by atoms with Crippen molar-refractivity contribution in [3.63, 3.8) is 0 Å². The highest BCUT2D eigenvalue weighted by Crippen LogP contribution is 2.71. The molecule has 3 saturated heterocycles. The maximum atomic E-state index is 12.3. The fourth-order valence-electron chi connectivity index (χ4n) is 10.3. The third-order valence-corrected chi connectivity index (χ3v) is 11.7. The molecule has 11 atom stereocenters. The van der Waals surface area contributed by atoms with E-state index >= 15 is 0 Å². The summed E-state index contributed by atoms with van der Waals surface area (Å²) in [4.78, 5) is 36.2. The first-order valence-corrected chi connectivity index (χ1v) is 14.2. The number of rotatable bonds is 3. The van der Waals surface area contributed by atoms with Crippen molar-refractivity contribution in [1.29, 1.82) is 0 Å². The second-order valence-electron chi connectivity index (χ2n) is 13.7. The van der Waals surface area contributed by atoms with Crippen LogP contribution < -0.4 is 0 Å². The molecular weight excluding hydrogens is 476 g/mol. The van der Waals surface area contributed by atoms with Gasteiger partial charge in [-0.3, -0.25) is 14.4 Å². The van der Waals surface area contributed by atoms with Crippen LogP contribution >= 0.6 is 0 Å². The minimum absolute atomic E-state index is 0.0143. The Morgan fingerprint density at radius 1 is 0.973 bits per heavy atom. The molecule has 8 nitrogen and oxygen atoms in total. The Bertz CT molecular complexity index is 996. The first-order chi connectivity index (χ1) is 17.4. The topological polar surface area (TPSA) is 97.4 Å². The molecule has 0 amide bonds. The van der Waals surface area contributed by atoms with Crippen LogP contribution in [0.3, 0.4) is 0 Å². The van der Waals surface area contributed by atoms with E-state index in [0.717, 1.165) is 38.5 Å². The Morgan fingerprint density at radius 2 is 1.76 bits per heavy atom. The summed E-state index contributed by atoms with van der Waals surface area (Å²) in [5.74, 6) is 0.468. The predicted molar refractivity (Wildman–Crippen MR) is 131 cm³/mol. The van der Waals surface area contributed by atoms with Gasteiger partial charge < -0.3 is 23.7 Å². The normalized spacial score (nSPS) is 52.0. The SMILES string of the molecule is CC(=O)OC[C@@]1(C)CCC[C@@]2(C)C1CC[C@]1(C)C2CC[C@@H]2[C@@H]3O[C@H]4OC(=O)CC4(O3)[C@H](OC(C)=O)C[C@H]21. The van der Waals surface area contributed by atoms with Gasteiger partial charge in [0, 0.05) is 25.2 Å². The Labute approximate surface area is 219 Å². The summed E-state index contributed by atoms with van der Waals surface area (Å²) in [6, 6.07) is 0. The maximum Gasteiger partial charge on any atom is 0.311 e. The smallest absolute Gasteiger partial charge is 0.311 e. The summed E-state index contributed by atoms with van der Waals surface area (Å²) in [5, 5.41) is 0. The average Bonchev–Trinajstić information content (AvgIpc) is 3.26. The van der Waals surface area contributed by atoms with E-state index in [0.29, 0.717) is 24.9 Å². The number of fused-ring (bicyclic) bond motifs is 7. The Balaban J connectivity index is 1.34. The van der Waals surface area contributed by atoms with E-state index in [-0.39, 0.29) is 52.4 Å². The molecule has 3 aliphatic heterocycles. The molecule has 3 saturated carbocycles. The van der Waals surface area contributed by atoms with E-state index in [1.807, 2.05) is 0 Å². The molecule has 1 spiro atoms. The highest BCUT2D eigenvalue weighted by Gasteiger charge is 2.71. The monoisotopic (exact) mass is 518 g/mol. The van der Waals surface area contributed by atoms with Crippen molar-refractivity contribution < 1.29 is 38.1 Å². The molecule has 0 aromatic carbocycles. The van der Waals surface area contributed by atoms with E-state index in [4.69, 9.17) is 23.7 Å². The molecule has 37 heavy (non-hydrogen) atoms. The second-order valence-corrected chi connectivity index (χ2v) is 13.7. The molecule has 8 heteroatoms. The predicted octanol–water partition coefficient (Wildman–Crippen LogP) is 4.52. The van der Waals surface area contributed by atoms with Gasteiger partial charge in [0.1, 0.15) is 6.10 Å². The molecule has 206 valence electrons. The van der Waals surface area contributed by atoms with Gasteiger partial charge in [-0.1, -0.05) is 27.2 Å². The van der Waals surface area contributed by atoms with Crippen LogP contribution in [0.5, 0.6) is 0 Å². The minimum Gasteiger partial charge on any atom is -0.465 e. The lowest BCUT2D eigenvalue weighted by Gasteiger charge is -2.67. The molecule has 3 aliphatic carbocycles. The molecule has 6 rings (SSSR count). The summed E-state index contributed by atoms with van der Waals surface area (Å²) in [7, 11) is 0. The fraction of sp³-hybridized carbons (Fsp3) is 0.897. The van der Waals surface area contributed by atoms with E-state index in [9.17, 15) is 14.4 Å². The highest BCUT2D eigenvalue weighted by molar-refractivity contribution is 5.74. The van der Waals surface area contributed by atoms with Crippen LogP contribution in [0.4, 0.5) is 0 Å². The Kier molecular flexibility index (Phi) is 5.82. The van der Waals surface area contributed by atoms with Crippen LogP contribution in [-0.2, 0) is 38.1 Å². The van der Waals surface area contributed by atoms with E-state index in [1.165, 1.54) is 20.3 Å². The zero-order valence-electron chi connectivity index (χ0n) is 22.9. The molecule has 3 heterocycles. The average molecular weight is 519 g/mol. The van der Waals surface area contributed by atoms with Crippen molar-refractivity contribution in [2.75, 3.05) is 6.61 Å². The summed E-state index contributed by atoms with van der Waals surface area (Å²) < 4.78 is 29.9. The first-order valence-electron chi connectivity index (χ1n) is 14.2. The van der Waals surface area contributed by atoms with Gasteiger partial charge >= 0.3 is 17.9 Å². The van der Waals surface area contributed by atoms with E-state index in [1.54, 1.807) is 0 Å². The van der Waals surface area contributed by atoms with Crippen LogP contribution in [0.1, 0.15) is 92.4 Å². The van der Waals surface area contributed by atoms with Crippen LogP contribution in [0.2, 0.25) is 0 Å². The second kappa shape index (κ2) is 8.41. The van der Waals surface area contributed by atoms with Gasteiger partial charge in [0.05, 0.1) is 13.0 Å². The highest BCUT2D eigenvalue weighted by atomic mass is 16.8. The van der Waals surface area contributed by atoms with E-state index in [2.05, 4.69) is 20.8 Å². The van der Waals surface area contributed by atoms with Gasteiger partial charge in [-0.2, -0.15) is 0 Å². The third kappa shape index (κ3) is 3.64. The lowest BCUT2D eigenvalue weighted by molar-refractivity contribution is -0.226. The molecule has 0 aromatic rings. The number of esters is 3. The van der Waals surface area contributed by atoms with Crippen molar-refractivity contribution in [2.45, 2.75) is 117 Å². The van der Waals surface area contributed by atoms with Crippen LogP contribution in [0.25, 0.3) is 0 Å². The van der Waals surface area contributed by atoms with Crippen molar-refractivity contribution in [1.82, 2.24) is 0 Å². The number of ether oxygens (including phenoxy) is 5. The van der Waals surface area contributed by atoms with Gasteiger partial charge in [0.25, 0.3) is 0 Å². The van der Waals surface area contributed by atoms with Gasteiger partial charge in [-0.05, 0) is 73.5 Å². The number of hydrogen-bond acceptors (Lipinski definition) is 8. The summed E-state index contributed by atoms with van der Waals surface area (Å²) in [6.07, 6.45) is 6.51. The standard InChI is InChI=1S/C29H42O8/c1-16(30)33-15-26(3)10-6-11-28(5)20(26)9-12-27(4)19-13-22(34-17(2)31)29-14-23(32)35-25(29)36-24(37-29)18(19)7-8-21(27)28/h18-22,24-25H,6-15H2,1-5H3/t18-,19+,20?,21?,22+,24+,25+,26+,27-,28-,29?/m0/s1. The van der Waals surface area contributed by atoms with Gasteiger partial charge in [0.2, 0.25) is 6.29 Å². The van der Waals surface area contributed by atoms with Gasteiger partial charge in [-0.15, -0.1) is 0 Å². The molecule has 0 aromatic heterocycles. The van der Waals surface area contributed by atoms with Crippen molar-refractivity contribution >= 4 is 17.9 Å². The number of carbonyl (C=O) groups is 3. The molecule has 6 fully saturated rings. The van der Waals surface area contributed by atoms with Crippen LogP contribution in [0, 0.1) is 39.9 Å². The molecule has 3 unspecified atom stereocenters. The zero-order chi connectivity index (χ0) is 26.4. The Hall–Kier alpha value is -1.67. The minimum atomic E-state index is -1.05. The largest absolute Gasteiger partial charge is 0.465 e. The fourth-order valence-corrected chi connectivity index (χ4v) is 10.3. The number of hydrogen-bond donors (Lipinski definition) is 0. The Morgan fingerprint density at radius 3 is 2.49 bits per heavy atom. The summed E-state index contributed by atoms with van der Waals surface area (Å²) in [5.41, 5.74) is -0.897. The quantitative estimate of drug-likeness (QED) is 0.397. The zero-order valence-corrected chi connectivity index (χ0v) is 22.9. The first kappa shape index (κ1) is 25.6. The molecule has 2 bridgehead atoms.